The van der Waals surface area contributed by atoms with Crippen LogP contribution in [0, 0.1) is 0 Å². The molecule has 1 aromatic heterocycles. The van der Waals surface area contributed by atoms with E-state index in [4.69, 9.17) is 9.47 Å². The van der Waals surface area contributed by atoms with Crippen molar-refractivity contribution in [1.29, 1.82) is 0 Å². The van der Waals surface area contributed by atoms with E-state index in [0.29, 0.717) is 6.54 Å². The predicted octanol–water partition coefficient (Wildman–Crippen LogP) is 2.05. The lowest BCUT2D eigenvalue weighted by atomic mass is 10.2. The second-order valence-electron chi connectivity index (χ2n) is 7.22. The van der Waals surface area contributed by atoms with E-state index < -0.39 is 6.10 Å². The molecule has 2 N–H and O–H groups in total. The third-order valence-corrected chi connectivity index (χ3v) is 5.45. The minimum absolute atomic E-state index is 0.288. The van der Waals surface area contributed by atoms with E-state index >= 15 is 0 Å². The van der Waals surface area contributed by atoms with Gasteiger partial charge in [0.2, 0.25) is 0 Å². The van der Waals surface area contributed by atoms with Crippen molar-refractivity contribution in [2.45, 2.75) is 19.2 Å². The summed E-state index contributed by atoms with van der Waals surface area (Å²) in [6, 6.07) is 14.1. The normalized spacial score (nSPS) is 16.2. The van der Waals surface area contributed by atoms with Gasteiger partial charge in [0.05, 0.1) is 24.9 Å². The maximum atomic E-state index is 10.2. The Balaban J connectivity index is 1.22. The lowest BCUT2D eigenvalue weighted by molar-refractivity contribution is 0.00465. The molecule has 1 aliphatic rings. The van der Waals surface area contributed by atoms with Crippen molar-refractivity contribution in [2.75, 3.05) is 39.5 Å². The highest BCUT2D eigenvalue weighted by atomic mass is 32.1. The van der Waals surface area contributed by atoms with Crippen LogP contribution in [0.15, 0.2) is 42.5 Å². The highest BCUT2D eigenvalue weighted by Crippen LogP contribution is 2.15. The monoisotopic (exact) mass is 414 g/mol. The van der Waals surface area contributed by atoms with Crippen molar-refractivity contribution in [3.63, 3.8) is 0 Å². The lowest BCUT2D eigenvalue weighted by Crippen LogP contribution is -2.42. The number of rotatable bonds is 9. The smallest absolute Gasteiger partial charge is 0.119 e. The average molecular weight is 415 g/mol. The first-order chi connectivity index (χ1) is 14.3. The first-order valence-electron chi connectivity index (χ1n) is 9.88. The Labute approximate surface area is 174 Å². The summed E-state index contributed by atoms with van der Waals surface area (Å²) in [7, 11) is 0. The zero-order valence-electron chi connectivity index (χ0n) is 16.3. The Bertz CT molecular complexity index is 914. The molecule has 1 unspecified atom stereocenters. The number of fused-ring (bicyclic) bond motifs is 1. The average Bonchev–Trinajstić information content (AvgIpc) is 3.21. The molecule has 1 atom stereocenters. The van der Waals surface area contributed by atoms with Gasteiger partial charge in [-0.15, -0.1) is 0 Å². The number of ether oxygens (including phenoxy) is 2. The molecule has 3 aromatic rings. The Hall–Kier alpha value is -2.10. The number of nitrogens with one attached hydrogen (secondary N) is 1. The van der Waals surface area contributed by atoms with E-state index in [1.54, 1.807) is 0 Å². The van der Waals surface area contributed by atoms with Crippen LogP contribution in [0.1, 0.15) is 11.1 Å². The fraction of sp³-hybridized carbons (Fsp3) is 0.429. The number of benzene rings is 2. The first-order valence-corrected chi connectivity index (χ1v) is 10.6. The van der Waals surface area contributed by atoms with Crippen LogP contribution < -0.4 is 10.1 Å². The van der Waals surface area contributed by atoms with Crippen molar-refractivity contribution < 1.29 is 14.6 Å². The van der Waals surface area contributed by atoms with E-state index in [1.165, 1.54) is 17.3 Å². The zero-order chi connectivity index (χ0) is 19.9. The number of hydrogen-bond donors (Lipinski definition) is 2. The number of aliphatic hydroxyl groups excluding tert-OH is 1. The summed E-state index contributed by atoms with van der Waals surface area (Å²) >= 11 is 1.24. The molecule has 1 saturated heterocycles. The van der Waals surface area contributed by atoms with Crippen LogP contribution in [-0.4, -0.2) is 64.3 Å². The minimum Gasteiger partial charge on any atom is -0.491 e. The number of hydrogen-bond acceptors (Lipinski definition) is 8. The molecule has 0 aliphatic carbocycles. The largest absolute Gasteiger partial charge is 0.491 e. The van der Waals surface area contributed by atoms with Gasteiger partial charge in [-0.3, -0.25) is 4.90 Å². The second-order valence-corrected chi connectivity index (χ2v) is 7.74. The maximum Gasteiger partial charge on any atom is 0.119 e. The van der Waals surface area contributed by atoms with Crippen LogP contribution in [0.3, 0.4) is 0 Å². The SMILES string of the molecule is OC(COc1cccc(CNCc2ccc3nsnc3c2)c1)CN1CCOCC1. The summed E-state index contributed by atoms with van der Waals surface area (Å²) in [6.07, 6.45) is -0.509. The molecule has 29 heavy (non-hydrogen) atoms. The van der Waals surface area contributed by atoms with Gasteiger partial charge >= 0.3 is 0 Å². The molecule has 0 spiro atoms. The van der Waals surface area contributed by atoms with Crippen LogP contribution in [0.2, 0.25) is 0 Å². The molecule has 2 heterocycles. The third kappa shape index (κ3) is 5.94. The Kier molecular flexibility index (Phi) is 7.02. The van der Waals surface area contributed by atoms with Gasteiger partial charge in [0.25, 0.3) is 0 Å². The van der Waals surface area contributed by atoms with Crippen LogP contribution in [-0.2, 0) is 17.8 Å². The molecule has 2 aromatic carbocycles. The first kappa shape index (κ1) is 20.2. The second kappa shape index (κ2) is 10.1. The molecule has 1 fully saturated rings. The summed E-state index contributed by atoms with van der Waals surface area (Å²) in [4.78, 5) is 2.21. The zero-order valence-corrected chi connectivity index (χ0v) is 17.1. The van der Waals surface area contributed by atoms with Gasteiger partial charge in [-0.2, -0.15) is 8.75 Å². The third-order valence-electron chi connectivity index (χ3n) is 4.89. The Morgan fingerprint density at radius 2 is 1.86 bits per heavy atom. The Morgan fingerprint density at radius 1 is 1.07 bits per heavy atom. The highest BCUT2D eigenvalue weighted by Gasteiger charge is 2.15. The molecular weight excluding hydrogens is 388 g/mol. The number of morpholine rings is 1. The molecule has 8 heteroatoms. The van der Waals surface area contributed by atoms with Crippen molar-refractivity contribution >= 4 is 22.8 Å². The summed E-state index contributed by atoms with van der Waals surface area (Å²) in [6.45, 7) is 5.60. The molecule has 4 rings (SSSR count). The van der Waals surface area contributed by atoms with Gasteiger partial charge in [0, 0.05) is 32.7 Å². The fourth-order valence-electron chi connectivity index (χ4n) is 3.36. The van der Waals surface area contributed by atoms with Gasteiger partial charge in [0.15, 0.2) is 0 Å². The van der Waals surface area contributed by atoms with E-state index in [1.807, 2.05) is 24.3 Å². The summed E-state index contributed by atoms with van der Waals surface area (Å²) in [5.41, 5.74) is 4.21. The number of aromatic nitrogens is 2. The standard InChI is InChI=1S/C21H26N4O3S/c26-18(14-25-6-8-27-9-7-25)15-28-19-3-1-2-16(10-19)12-22-13-17-4-5-20-21(11-17)24-29-23-20/h1-5,10-11,18,22,26H,6-9,12-15H2. The molecule has 0 amide bonds. The van der Waals surface area contributed by atoms with Gasteiger partial charge in [-0.1, -0.05) is 18.2 Å². The fourth-order valence-corrected chi connectivity index (χ4v) is 3.88. The van der Waals surface area contributed by atoms with E-state index in [-0.39, 0.29) is 6.61 Å². The summed E-state index contributed by atoms with van der Waals surface area (Å²) in [5.74, 6) is 0.778. The van der Waals surface area contributed by atoms with Gasteiger partial charge in [0.1, 0.15) is 29.5 Å². The summed E-state index contributed by atoms with van der Waals surface area (Å²) in [5, 5.41) is 13.7. The minimum atomic E-state index is -0.509. The van der Waals surface area contributed by atoms with E-state index in [9.17, 15) is 5.11 Å². The van der Waals surface area contributed by atoms with Crippen molar-refractivity contribution in [1.82, 2.24) is 19.0 Å². The van der Waals surface area contributed by atoms with Crippen LogP contribution in [0.5, 0.6) is 5.75 Å². The highest BCUT2D eigenvalue weighted by molar-refractivity contribution is 7.00. The van der Waals surface area contributed by atoms with Gasteiger partial charge in [-0.25, -0.2) is 0 Å². The van der Waals surface area contributed by atoms with Crippen LogP contribution in [0.25, 0.3) is 11.0 Å². The number of β-amino-alcohol motifs (C(OH)–C–C–N with tert-alkyl or cyclic N) is 1. The van der Waals surface area contributed by atoms with Crippen LogP contribution >= 0.6 is 11.7 Å². The van der Waals surface area contributed by atoms with E-state index in [0.717, 1.165) is 61.7 Å². The molecule has 0 bridgehead atoms. The van der Waals surface area contributed by atoms with Crippen LogP contribution in [0.4, 0.5) is 0 Å². The van der Waals surface area contributed by atoms with Crippen molar-refractivity contribution in [3.05, 3.63) is 53.6 Å². The molecule has 0 saturated carbocycles. The number of aliphatic hydroxyl groups is 1. The topological polar surface area (TPSA) is 79.7 Å². The van der Waals surface area contributed by atoms with Gasteiger partial charge < -0.3 is 19.9 Å². The summed E-state index contributed by atoms with van der Waals surface area (Å²) < 4.78 is 19.7. The quantitative estimate of drug-likeness (QED) is 0.555. The predicted molar refractivity (Wildman–Crippen MR) is 113 cm³/mol. The van der Waals surface area contributed by atoms with Gasteiger partial charge in [-0.05, 0) is 35.4 Å². The number of nitrogens with zero attached hydrogens (tertiary/aromatic N) is 3. The molecule has 0 radical (unpaired) electrons. The maximum absolute atomic E-state index is 10.2. The molecule has 154 valence electrons. The van der Waals surface area contributed by atoms with Crippen molar-refractivity contribution in [2.24, 2.45) is 0 Å². The lowest BCUT2D eigenvalue weighted by Gasteiger charge is -2.28. The van der Waals surface area contributed by atoms with E-state index in [2.05, 4.69) is 37.2 Å². The molecule has 1 aliphatic heterocycles. The Morgan fingerprint density at radius 3 is 2.72 bits per heavy atom. The molecule has 7 nitrogen and oxygen atoms in total. The van der Waals surface area contributed by atoms with Crippen molar-refractivity contribution in [3.8, 4) is 5.75 Å². The molecular formula is C21H26N4O3S.